The van der Waals surface area contributed by atoms with Gasteiger partial charge in [-0.25, -0.2) is 14.4 Å². The summed E-state index contributed by atoms with van der Waals surface area (Å²) in [6.07, 6.45) is 1.65. The third-order valence-electron chi connectivity index (χ3n) is 9.76. The van der Waals surface area contributed by atoms with Crippen LogP contribution in [-0.4, -0.2) is 105 Å². The summed E-state index contributed by atoms with van der Waals surface area (Å²) in [7, 11) is 1.46. The molecule has 2 saturated heterocycles. The van der Waals surface area contributed by atoms with Gasteiger partial charge in [-0.05, 0) is 42.8 Å². The van der Waals surface area contributed by atoms with Gasteiger partial charge in [-0.2, -0.15) is 5.10 Å². The van der Waals surface area contributed by atoms with E-state index in [0.29, 0.717) is 54.3 Å². The number of aromatic nitrogens is 4. The van der Waals surface area contributed by atoms with Crippen molar-refractivity contribution in [3.63, 3.8) is 0 Å². The molecular weight excluding hydrogens is 685 g/mol. The Bertz CT molecular complexity index is 2320. The molecule has 3 N–H and O–H groups in total. The number of rotatable bonds is 8. The number of piperazine rings is 1. The number of methoxy groups -OCH3 is 1. The molecule has 2 aromatic heterocycles. The molecule has 16 heteroatoms. The molecule has 3 aromatic carbocycles. The molecule has 5 aromatic rings. The highest BCUT2D eigenvalue weighted by Crippen LogP contribution is 2.34. The quantitative estimate of drug-likeness (QED) is 0.201. The minimum atomic E-state index is -1.08. The Morgan fingerprint density at radius 2 is 1.74 bits per heavy atom. The first-order valence-corrected chi connectivity index (χ1v) is 17.0. The summed E-state index contributed by atoms with van der Waals surface area (Å²) in [4.78, 5) is 77.6. The topological polar surface area (TPSA) is 183 Å². The number of anilines is 2. The molecule has 0 bridgehead atoms. The monoisotopic (exact) mass is 717 g/mol. The van der Waals surface area contributed by atoms with Crippen LogP contribution in [0.25, 0.3) is 33.7 Å². The normalized spacial score (nSPS) is 17.3. The molecule has 5 amide bonds. The van der Waals surface area contributed by atoms with Crippen molar-refractivity contribution in [3.05, 3.63) is 83.8 Å². The molecule has 1 unspecified atom stereocenters. The van der Waals surface area contributed by atoms with E-state index >= 15 is 0 Å². The molecule has 0 radical (unpaired) electrons. The Hall–Kier alpha value is -6.71. The molecule has 3 aliphatic rings. The number of hydrogen-bond donors (Lipinski definition) is 3. The zero-order valence-electron chi connectivity index (χ0n) is 28.4. The Balaban J connectivity index is 0.899. The number of ether oxygens (including phenoxy) is 1. The second kappa shape index (κ2) is 13.4. The van der Waals surface area contributed by atoms with Gasteiger partial charge in [0.15, 0.2) is 5.82 Å². The van der Waals surface area contributed by atoms with Crippen LogP contribution in [0, 0.1) is 5.82 Å². The smallest absolute Gasteiger partial charge is 0.264 e. The number of halogens is 1. The molecule has 0 saturated carbocycles. The van der Waals surface area contributed by atoms with Crippen LogP contribution in [0.5, 0.6) is 5.75 Å². The second-order valence-electron chi connectivity index (χ2n) is 12.8. The third-order valence-corrected chi connectivity index (χ3v) is 9.76. The van der Waals surface area contributed by atoms with Crippen LogP contribution in [0.3, 0.4) is 0 Å². The second-order valence-corrected chi connectivity index (χ2v) is 12.8. The highest BCUT2D eigenvalue weighted by atomic mass is 19.1. The highest BCUT2D eigenvalue weighted by molar-refractivity contribution is 6.25. The maximum absolute atomic E-state index is 14.8. The lowest BCUT2D eigenvalue weighted by Gasteiger charge is -2.36. The number of nitrogens with zero attached hydrogens (tertiary/aromatic N) is 6. The first-order chi connectivity index (χ1) is 25.7. The molecule has 8 rings (SSSR count). The number of aromatic amines is 1. The Morgan fingerprint density at radius 1 is 0.962 bits per heavy atom. The van der Waals surface area contributed by atoms with Gasteiger partial charge in [0.25, 0.3) is 11.8 Å². The summed E-state index contributed by atoms with van der Waals surface area (Å²) in [5.74, 6) is -2.54. The van der Waals surface area contributed by atoms with Crippen LogP contribution in [0.1, 0.15) is 33.6 Å². The van der Waals surface area contributed by atoms with Crippen LogP contribution in [0.4, 0.5) is 15.8 Å². The lowest BCUT2D eigenvalue weighted by molar-refractivity contribution is -0.136. The largest absolute Gasteiger partial charge is 0.496 e. The molecule has 5 heterocycles. The number of carbonyl (C=O) groups is 5. The minimum Gasteiger partial charge on any atom is -0.496 e. The molecule has 1 atom stereocenters. The highest BCUT2D eigenvalue weighted by Gasteiger charge is 2.45. The van der Waals surface area contributed by atoms with Crippen molar-refractivity contribution in [2.75, 3.05) is 50.1 Å². The zero-order valence-corrected chi connectivity index (χ0v) is 28.4. The van der Waals surface area contributed by atoms with Gasteiger partial charge in [0.2, 0.25) is 17.7 Å². The van der Waals surface area contributed by atoms with E-state index in [1.807, 2.05) is 24.3 Å². The van der Waals surface area contributed by atoms with E-state index in [0.717, 1.165) is 16.2 Å². The van der Waals surface area contributed by atoms with Crippen molar-refractivity contribution >= 4 is 51.9 Å². The summed E-state index contributed by atoms with van der Waals surface area (Å²) in [5, 5.41) is 12.6. The van der Waals surface area contributed by atoms with Crippen molar-refractivity contribution in [2.24, 2.45) is 0 Å². The lowest BCUT2D eigenvalue weighted by Crippen LogP contribution is -2.54. The number of carbonyl (C=O) groups excluding carboxylic acids is 5. The van der Waals surface area contributed by atoms with E-state index in [1.54, 1.807) is 35.4 Å². The first kappa shape index (κ1) is 33.4. The van der Waals surface area contributed by atoms with Gasteiger partial charge in [0.05, 0.1) is 36.5 Å². The number of H-pyrrole nitrogens is 1. The van der Waals surface area contributed by atoms with Crippen molar-refractivity contribution in [2.45, 2.75) is 18.9 Å². The molecule has 268 valence electrons. The Labute approximate surface area is 301 Å². The van der Waals surface area contributed by atoms with Gasteiger partial charge in [-0.1, -0.05) is 24.3 Å². The molecule has 53 heavy (non-hydrogen) atoms. The number of benzene rings is 3. The van der Waals surface area contributed by atoms with Crippen molar-refractivity contribution < 1.29 is 33.1 Å². The summed E-state index contributed by atoms with van der Waals surface area (Å²) >= 11 is 0. The van der Waals surface area contributed by atoms with Crippen LogP contribution in [0.15, 0.2) is 66.9 Å². The average Bonchev–Trinajstić information content (AvgIpc) is 3.71. The van der Waals surface area contributed by atoms with Gasteiger partial charge < -0.3 is 19.9 Å². The van der Waals surface area contributed by atoms with E-state index in [9.17, 15) is 28.4 Å². The van der Waals surface area contributed by atoms with Crippen LogP contribution in [-0.2, 0) is 14.4 Å². The molecular formula is C37H32FN9O6. The van der Waals surface area contributed by atoms with Gasteiger partial charge in [0, 0.05) is 49.5 Å². The van der Waals surface area contributed by atoms with Crippen LogP contribution >= 0.6 is 0 Å². The summed E-state index contributed by atoms with van der Waals surface area (Å²) in [6, 6.07) is 16.0. The molecule has 2 fully saturated rings. The fraction of sp³-hybridized carbons (Fsp3) is 0.243. The first-order valence-electron chi connectivity index (χ1n) is 17.0. The fourth-order valence-corrected chi connectivity index (χ4v) is 7.02. The predicted octanol–water partition coefficient (Wildman–Crippen LogP) is 3.00. The fourth-order valence-electron chi connectivity index (χ4n) is 7.02. The standard InChI is InChI=1S/C37H32FN9O6/c1-53-27-7-3-5-23(38)31(27)34-40-18-25-33(42-34)32(44-43-25)20-8-10-21(11-9-20)45-14-16-46(17-15-45)29(49)19-39-24-6-2-4-22-30(24)37(52)47(36(22)51)26-12-13-28(48)41-35(26)50/h2-11,18,26,39H,12-17,19H2,1H3,(H,43,44)(H,41,48,50). The van der Waals surface area contributed by atoms with Gasteiger partial charge in [0.1, 0.15) is 34.3 Å². The zero-order chi connectivity index (χ0) is 36.8. The average molecular weight is 718 g/mol. The SMILES string of the molecule is COc1cccc(F)c1-c1ncc2[nH]nc(-c3ccc(N4CCN(C(=O)CNc5cccc6c5C(=O)N(C5CCC(=O)NC5=O)C6=O)CC4)cc3)c2n1. The Morgan fingerprint density at radius 3 is 2.49 bits per heavy atom. The van der Waals surface area contributed by atoms with E-state index in [4.69, 9.17) is 4.74 Å². The third kappa shape index (κ3) is 5.96. The number of nitrogens with one attached hydrogen (secondary N) is 3. The number of amides is 5. The number of hydrogen-bond acceptors (Lipinski definition) is 11. The van der Waals surface area contributed by atoms with Crippen LogP contribution in [0.2, 0.25) is 0 Å². The van der Waals surface area contributed by atoms with E-state index in [2.05, 4.69) is 35.7 Å². The molecule has 0 aliphatic carbocycles. The van der Waals surface area contributed by atoms with Crippen LogP contribution < -0.4 is 20.3 Å². The number of fused-ring (bicyclic) bond motifs is 2. The maximum Gasteiger partial charge on any atom is 0.264 e. The molecule has 3 aliphatic heterocycles. The molecule has 15 nitrogen and oxygen atoms in total. The van der Waals surface area contributed by atoms with Crippen molar-refractivity contribution in [1.82, 2.24) is 35.3 Å². The molecule has 0 spiro atoms. The number of imide groups is 2. The predicted molar refractivity (Wildman–Crippen MR) is 189 cm³/mol. The summed E-state index contributed by atoms with van der Waals surface area (Å²) in [5.41, 5.74) is 4.23. The van der Waals surface area contributed by atoms with Crippen molar-refractivity contribution in [3.8, 4) is 28.4 Å². The van der Waals surface area contributed by atoms with Gasteiger partial charge >= 0.3 is 0 Å². The maximum atomic E-state index is 14.8. The van der Waals surface area contributed by atoms with E-state index in [-0.39, 0.29) is 47.8 Å². The summed E-state index contributed by atoms with van der Waals surface area (Å²) in [6.45, 7) is 2.02. The number of piperidine rings is 1. The van der Waals surface area contributed by atoms with E-state index in [1.165, 1.54) is 19.2 Å². The minimum absolute atomic E-state index is 0.0251. The van der Waals surface area contributed by atoms with E-state index < -0.39 is 35.5 Å². The van der Waals surface area contributed by atoms with Gasteiger partial charge in [-0.3, -0.25) is 39.3 Å². The summed E-state index contributed by atoms with van der Waals surface area (Å²) < 4.78 is 20.1. The Kier molecular flexibility index (Phi) is 8.48. The van der Waals surface area contributed by atoms with Gasteiger partial charge in [-0.15, -0.1) is 0 Å². The van der Waals surface area contributed by atoms with Crippen molar-refractivity contribution in [1.29, 1.82) is 0 Å². The lowest BCUT2D eigenvalue weighted by atomic mass is 10.0.